The van der Waals surface area contributed by atoms with Crippen molar-refractivity contribution in [3.8, 4) is 0 Å². The molecule has 1 aromatic rings. The molecule has 2 N–H and O–H groups in total. The maximum atomic E-state index is 5.67. The SMILES string of the molecule is CN=C(NCCCN(C)CCOC)NCC(c1ccco1)N1CCCC1. The normalized spacial score (nSPS) is 17.0. The lowest BCUT2D eigenvalue weighted by atomic mass is 10.2. The number of likely N-dealkylation sites (tertiary alicyclic amines) is 1. The molecule has 26 heavy (non-hydrogen) atoms. The Morgan fingerprint density at radius 3 is 2.81 bits per heavy atom. The van der Waals surface area contributed by atoms with Crippen LogP contribution in [-0.4, -0.2) is 82.8 Å². The first-order valence-electron chi connectivity index (χ1n) is 9.64. The lowest BCUT2D eigenvalue weighted by molar-refractivity contribution is 0.161. The summed E-state index contributed by atoms with van der Waals surface area (Å²) in [4.78, 5) is 9.12. The highest BCUT2D eigenvalue weighted by molar-refractivity contribution is 5.79. The van der Waals surface area contributed by atoms with E-state index in [0.717, 1.165) is 64.0 Å². The Hall–Kier alpha value is -1.57. The molecule has 2 heterocycles. The number of nitrogens with zero attached hydrogens (tertiary/aromatic N) is 3. The van der Waals surface area contributed by atoms with Crippen LogP contribution in [0.25, 0.3) is 0 Å². The number of hydrogen-bond donors (Lipinski definition) is 2. The molecule has 7 nitrogen and oxygen atoms in total. The van der Waals surface area contributed by atoms with E-state index in [4.69, 9.17) is 9.15 Å². The van der Waals surface area contributed by atoms with Gasteiger partial charge in [-0.25, -0.2) is 0 Å². The summed E-state index contributed by atoms with van der Waals surface area (Å²) in [5.41, 5.74) is 0. The van der Waals surface area contributed by atoms with E-state index in [2.05, 4.69) is 38.5 Å². The van der Waals surface area contributed by atoms with E-state index in [1.807, 2.05) is 13.1 Å². The molecule has 0 spiro atoms. The Morgan fingerprint density at radius 1 is 1.35 bits per heavy atom. The minimum atomic E-state index is 0.256. The highest BCUT2D eigenvalue weighted by Gasteiger charge is 2.25. The lowest BCUT2D eigenvalue weighted by Crippen LogP contribution is -2.43. The number of hydrogen-bond acceptors (Lipinski definition) is 5. The summed E-state index contributed by atoms with van der Waals surface area (Å²) in [5, 5.41) is 6.86. The molecule has 1 atom stereocenters. The number of guanidine groups is 1. The van der Waals surface area contributed by atoms with Crippen LogP contribution >= 0.6 is 0 Å². The third-order valence-corrected chi connectivity index (χ3v) is 4.83. The zero-order valence-corrected chi connectivity index (χ0v) is 16.5. The molecule has 7 heteroatoms. The molecule has 0 radical (unpaired) electrons. The number of ether oxygens (including phenoxy) is 1. The van der Waals surface area contributed by atoms with Crippen molar-refractivity contribution in [2.75, 3.05) is 67.1 Å². The number of methoxy groups -OCH3 is 1. The van der Waals surface area contributed by atoms with Gasteiger partial charge in [0, 0.05) is 33.8 Å². The van der Waals surface area contributed by atoms with Gasteiger partial charge in [0.1, 0.15) is 5.76 Å². The van der Waals surface area contributed by atoms with Crippen molar-refractivity contribution in [3.63, 3.8) is 0 Å². The molecule has 0 saturated carbocycles. The van der Waals surface area contributed by atoms with Crippen molar-refractivity contribution >= 4 is 5.96 Å². The summed E-state index contributed by atoms with van der Waals surface area (Å²) >= 11 is 0. The summed E-state index contributed by atoms with van der Waals surface area (Å²) in [7, 11) is 5.68. The van der Waals surface area contributed by atoms with Gasteiger partial charge in [-0.1, -0.05) is 0 Å². The third-order valence-electron chi connectivity index (χ3n) is 4.83. The van der Waals surface area contributed by atoms with Crippen molar-refractivity contribution in [2.24, 2.45) is 4.99 Å². The zero-order chi connectivity index (χ0) is 18.6. The Kier molecular flexibility index (Phi) is 9.52. The molecule has 1 unspecified atom stereocenters. The van der Waals surface area contributed by atoms with Crippen LogP contribution in [-0.2, 0) is 4.74 Å². The zero-order valence-electron chi connectivity index (χ0n) is 16.5. The molecule has 2 rings (SSSR count). The van der Waals surface area contributed by atoms with Crippen molar-refractivity contribution in [2.45, 2.75) is 25.3 Å². The van der Waals surface area contributed by atoms with Gasteiger partial charge in [-0.05, 0) is 58.1 Å². The Bertz CT molecular complexity index is 500. The van der Waals surface area contributed by atoms with Crippen LogP contribution in [0.5, 0.6) is 0 Å². The topological polar surface area (TPSA) is 65.3 Å². The van der Waals surface area contributed by atoms with Gasteiger partial charge >= 0.3 is 0 Å². The smallest absolute Gasteiger partial charge is 0.191 e. The van der Waals surface area contributed by atoms with Gasteiger partial charge in [-0.2, -0.15) is 0 Å². The van der Waals surface area contributed by atoms with E-state index < -0.39 is 0 Å². The van der Waals surface area contributed by atoms with Crippen LogP contribution in [0.1, 0.15) is 31.1 Å². The van der Waals surface area contributed by atoms with Gasteiger partial charge in [0.05, 0.1) is 18.9 Å². The van der Waals surface area contributed by atoms with Crippen LogP contribution in [0.3, 0.4) is 0 Å². The highest BCUT2D eigenvalue weighted by Crippen LogP contribution is 2.24. The van der Waals surface area contributed by atoms with Crippen LogP contribution in [0.15, 0.2) is 27.8 Å². The lowest BCUT2D eigenvalue weighted by Gasteiger charge is -2.26. The minimum Gasteiger partial charge on any atom is -0.468 e. The van der Waals surface area contributed by atoms with Crippen LogP contribution < -0.4 is 10.6 Å². The van der Waals surface area contributed by atoms with Gasteiger partial charge in [0.15, 0.2) is 5.96 Å². The first-order chi connectivity index (χ1) is 12.7. The van der Waals surface area contributed by atoms with Gasteiger partial charge in [0.2, 0.25) is 0 Å². The number of likely N-dealkylation sites (N-methyl/N-ethyl adjacent to an activating group) is 1. The quantitative estimate of drug-likeness (QED) is 0.352. The maximum absolute atomic E-state index is 5.67. The fraction of sp³-hybridized carbons (Fsp3) is 0.737. The highest BCUT2D eigenvalue weighted by atomic mass is 16.5. The minimum absolute atomic E-state index is 0.256. The molecule has 0 aliphatic carbocycles. The van der Waals surface area contributed by atoms with Gasteiger partial charge in [0.25, 0.3) is 0 Å². The summed E-state index contributed by atoms with van der Waals surface area (Å²) < 4.78 is 10.8. The maximum Gasteiger partial charge on any atom is 0.191 e. The Morgan fingerprint density at radius 2 is 2.15 bits per heavy atom. The number of furan rings is 1. The van der Waals surface area contributed by atoms with Crippen LogP contribution in [0.2, 0.25) is 0 Å². The Balaban J connectivity index is 1.72. The second kappa shape index (κ2) is 11.9. The molecule has 1 aliphatic heterocycles. The standard InChI is InChI=1S/C19H35N5O2/c1-20-19(21-9-7-10-23(2)13-15-25-3)22-16-17(18-8-6-14-26-18)24-11-4-5-12-24/h6,8,14,17H,4-5,7,9-13,15-16H2,1-3H3,(H2,20,21,22). The molecule has 1 fully saturated rings. The fourth-order valence-electron chi connectivity index (χ4n) is 3.27. The molecule has 148 valence electrons. The van der Waals surface area contributed by atoms with Crippen molar-refractivity contribution in [3.05, 3.63) is 24.2 Å². The molecule has 1 aliphatic rings. The fourth-order valence-corrected chi connectivity index (χ4v) is 3.27. The summed E-state index contributed by atoms with van der Waals surface area (Å²) in [6.45, 7) is 6.73. The van der Waals surface area contributed by atoms with E-state index in [9.17, 15) is 0 Å². The number of nitrogens with one attached hydrogen (secondary N) is 2. The van der Waals surface area contributed by atoms with E-state index >= 15 is 0 Å². The van der Waals surface area contributed by atoms with Gasteiger partial charge in [-0.15, -0.1) is 0 Å². The van der Waals surface area contributed by atoms with E-state index in [1.54, 1.807) is 13.4 Å². The first-order valence-corrected chi connectivity index (χ1v) is 9.64. The molecule has 1 saturated heterocycles. The summed E-state index contributed by atoms with van der Waals surface area (Å²) in [5.74, 6) is 1.87. The molecular formula is C19H35N5O2. The molecular weight excluding hydrogens is 330 g/mol. The van der Waals surface area contributed by atoms with E-state index in [1.165, 1.54) is 12.8 Å². The number of rotatable bonds is 11. The van der Waals surface area contributed by atoms with E-state index in [0.29, 0.717) is 0 Å². The van der Waals surface area contributed by atoms with Crippen LogP contribution in [0, 0.1) is 0 Å². The predicted octanol–water partition coefficient (Wildman–Crippen LogP) is 1.55. The van der Waals surface area contributed by atoms with Crippen molar-refractivity contribution < 1.29 is 9.15 Å². The molecule has 1 aromatic heterocycles. The average Bonchev–Trinajstić information content (AvgIpc) is 3.36. The first kappa shape index (κ1) is 20.7. The third kappa shape index (κ3) is 6.97. The largest absolute Gasteiger partial charge is 0.468 e. The molecule has 0 amide bonds. The molecule has 0 bridgehead atoms. The molecule has 0 aromatic carbocycles. The summed E-state index contributed by atoms with van der Waals surface area (Å²) in [6.07, 6.45) is 5.35. The van der Waals surface area contributed by atoms with Gasteiger partial charge < -0.3 is 24.7 Å². The van der Waals surface area contributed by atoms with E-state index in [-0.39, 0.29) is 6.04 Å². The average molecular weight is 366 g/mol. The summed E-state index contributed by atoms with van der Waals surface area (Å²) in [6, 6.07) is 4.29. The second-order valence-electron chi connectivity index (χ2n) is 6.80. The predicted molar refractivity (Wildman–Crippen MR) is 106 cm³/mol. The van der Waals surface area contributed by atoms with Crippen molar-refractivity contribution in [1.29, 1.82) is 0 Å². The van der Waals surface area contributed by atoms with Crippen LogP contribution in [0.4, 0.5) is 0 Å². The van der Waals surface area contributed by atoms with Crippen molar-refractivity contribution in [1.82, 2.24) is 20.4 Å². The monoisotopic (exact) mass is 365 g/mol. The number of aliphatic imine (C=N–C) groups is 1. The second-order valence-corrected chi connectivity index (χ2v) is 6.80. The van der Waals surface area contributed by atoms with Gasteiger partial charge in [-0.3, -0.25) is 9.89 Å². The Labute approximate surface area is 157 Å².